The number of tetrazole rings is 1. The summed E-state index contributed by atoms with van der Waals surface area (Å²) < 4.78 is 5.09. The van der Waals surface area contributed by atoms with Crippen LogP contribution < -0.4 is 0 Å². The highest BCUT2D eigenvalue weighted by atomic mass is 16.5. The molecule has 1 aromatic heterocycles. The Morgan fingerprint density at radius 1 is 1.24 bits per heavy atom. The summed E-state index contributed by atoms with van der Waals surface area (Å²) in [5, 5.41) is 12.2. The summed E-state index contributed by atoms with van der Waals surface area (Å²) in [6.45, 7) is 2.57. The van der Waals surface area contributed by atoms with Crippen molar-refractivity contribution in [2.24, 2.45) is 0 Å². The van der Waals surface area contributed by atoms with Crippen LogP contribution in [0.1, 0.15) is 26.2 Å². The number of nitrogens with zero attached hydrogens (tertiary/aromatic N) is 5. The minimum Gasteiger partial charge on any atom is -0.464 e. The zero-order valence-electron chi connectivity index (χ0n) is 14.2. The minimum atomic E-state index is -0.515. The molecule has 0 saturated carbocycles. The van der Waals surface area contributed by atoms with E-state index in [-0.39, 0.29) is 18.4 Å². The average molecular weight is 343 g/mol. The van der Waals surface area contributed by atoms with Gasteiger partial charge in [0.2, 0.25) is 11.7 Å². The van der Waals surface area contributed by atoms with Crippen molar-refractivity contribution in [2.45, 2.75) is 38.8 Å². The summed E-state index contributed by atoms with van der Waals surface area (Å²) in [5.41, 5.74) is 0.837. The number of aromatic nitrogens is 4. The lowest BCUT2D eigenvalue weighted by Crippen LogP contribution is -2.49. The van der Waals surface area contributed by atoms with Crippen LogP contribution in [0.15, 0.2) is 30.3 Å². The Bertz CT molecular complexity index is 731. The summed E-state index contributed by atoms with van der Waals surface area (Å²) >= 11 is 0. The number of carbonyl (C=O) groups excluding carboxylic acids is 2. The zero-order valence-corrected chi connectivity index (χ0v) is 14.2. The van der Waals surface area contributed by atoms with E-state index in [4.69, 9.17) is 4.74 Å². The van der Waals surface area contributed by atoms with Gasteiger partial charge in [0.1, 0.15) is 12.6 Å². The van der Waals surface area contributed by atoms with E-state index in [0.717, 1.165) is 18.4 Å². The molecular formula is C17H21N5O3. The Morgan fingerprint density at radius 2 is 2.04 bits per heavy atom. The highest BCUT2D eigenvalue weighted by molar-refractivity contribution is 5.84. The van der Waals surface area contributed by atoms with Crippen LogP contribution >= 0.6 is 0 Å². The Labute approximate surface area is 145 Å². The van der Waals surface area contributed by atoms with Gasteiger partial charge in [0, 0.05) is 12.1 Å². The molecule has 2 heterocycles. The number of hydrogen-bond acceptors (Lipinski definition) is 6. The normalized spacial score (nSPS) is 17.3. The molecule has 1 aliphatic rings. The molecule has 8 nitrogen and oxygen atoms in total. The van der Waals surface area contributed by atoms with Crippen molar-refractivity contribution in [1.82, 2.24) is 25.1 Å². The molecule has 1 fully saturated rings. The summed E-state index contributed by atoms with van der Waals surface area (Å²) in [4.78, 5) is 27.6. The van der Waals surface area contributed by atoms with Gasteiger partial charge in [0.25, 0.3) is 0 Å². The van der Waals surface area contributed by atoms with Crippen LogP contribution in [0.5, 0.6) is 0 Å². The third kappa shape index (κ3) is 4.01. The van der Waals surface area contributed by atoms with Gasteiger partial charge in [-0.15, -0.1) is 10.2 Å². The van der Waals surface area contributed by atoms with Crippen LogP contribution in [-0.4, -0.2) is 56.2 Å². The summed E-state index contributed by atoms with van der Waals surface area (Å²) in [6, 6.07) is 8.93. The van der Waals surface area contributed by atoms with Gasteiger partial charge in [-0.2, -0.15) is 4.80 Å². The number of carbonyl (C=O) groups is 2. The van der Waals surface area contributed by atoms with Crippen LogP contribution in [0.25, 0.3) is 11.4 Å². The second kappa shape index (κ2) is 7.87. The minimum absolute atomic E-state index is 0.0459. The number of ether oxygens (including phenoxy) is 1. The average Bonchev–Trinajstić information content (AvgIpc) is 3.11. The third-order valence-corrected chi connectivity index (χ3v) is 4.14. The standard InChI is InChI=1S/C17H21N5O3/c1-2-25-17(24)14-10-6-7-11-21(14)15(23)12-22-19-16(18-20-22)13-8-4-3-5-9-13/h3-5,8-9,14H,2,6-7,10-12H2,1H3. The molecule has 1 saturated heterocycles. The Kier molecular flexibility index (Phi) is 5.37. The maximum absolute atomic E-state index is 12.6. The second-order valence-electron chi connectivity index (χ2n) is 5.86. The van der Waals surface area contributed by atoms with E-state index in [1.165, 1.54) is 4.80 Å². The molecule has 0 bridgehead atoms. The smallest absolute Gasteiger partial charge is 0.328 e. The van der Waals surface area contributed by atoms with Crippen molar-refractivity contribution in [3.8, 4) is 11.4 Å². The number of benzene rings is 1. The Hall–Kier alpha value is -2.77. The molecule has 132 valence electrons. The highest BCUT2D eigenvalue weighted by Crippen LogP contribution is 2.19. The number of hydrogen-bond donors (Lipinski definition) is 0. The first-order valence-corrected chi connectivity index (χ1v) is 8.48. The summed E-state index contributed by atoms with van der Waals surface area (Å²) in [7, 11) is 0. The topological polar surface area (TPSA) is 90.2 Å². The van der Waals surface area contributed by atoms with E-state index in [9.17, 15) is 9.59 Å². The number of esters is 1. The second-order valence-corrected chi connectivity index (χ2v) is 5.86. The van der Waals surface area contributed by atoms with Crippen LogP contribution in [0, 0.1) is 0 Å². The molecule has 25 heavy (non-hydrogen) atoms. The maximum Gasteiger partial charge on any atom is 0.328 e. The van der Waals surface area contributed by atoms with E-state index >= 15 is 0 Å². The predicted molar refractivity (Wildman–Crippen MR) is 89.2 cm³/mol. The van der Waals surface area contributed by atoms with Crippen LogP contribution in [0.2, 0.25) is 0 Å². The molecular weight excluding hydrogens is 322 g/mol. The fourth-order valence-electron chi connectivity index (χ4n) is 2.94. The van der Waals surface area contributed by atoms with Crippen LogP contribution in [-0.2, 0) is 20.9 Å². The lowest BCUT2D eigenvalue weighted by atomic mass is 10.0. The SMILES string of the molecule is CCOC(=O)C1CCCCN1C(=O)Cn1nnc(-c2ccccc2)n1. The first-order chi connectivity index (χ1) is 12.2. The van der Waals surface area contributed by atoms with Crippen molar-refractivity contribution >= 4 is 11.9 Å². The number of piperidine rings is 1. The van der Waals surface area contributed by atoms with Gasteiger partial charge in [-0.3, -0.25) is 4.79 Å². The number of likely N-dealkylation sites (tertiary alicyclic amines) is 1. The van der Waals surface area contributed by atoms with E-state index in [1.807, 2.05) is 30.3 Å². The molecule has 0 aliphatic carbocycles. The number of amides is 1. The van der Waals surface area contributed by atoms with Crippen LogP contribution in [0.4, 0.5) is 0 Å². The Morgan fingerprint density at radius 3 is 2.80 bits per heavy atom. The summed E-state index contributed by atoms with van der Waals surface area (Å²) in [6.07, 6.45) is 2.42. The van der Waals surface area contributed by atoms with E-state index < -0.39 is 6.04 Å². The third-order valence-electron chi connectivity index (χ3n) is 4.14. The molecule has 0 spiro atoms. The van der Waals surface area contributed by atoms with Gasteiger partial charge in [-0.05, 0) is 31.4 Å². The van der Waals surface area contributed by atoms with Gasteiger partial charge in [-0.1, -0.05) is 30.3 Å². The van der Waals surface area contributed by atoms with Crippen molar-refractivity contribution in [1.29, 1.82) is 0 Å². The first-order valence-electron chi connectivity index (χ1n) is 8.48. The zero-order chi connectivity index (χ0) is 17.6. The molecule has 1 aromatic carbocycles. The van der Waals surface area contributed by atoms with Gasteiger partial charge in [0.15, 0.2) is 0 Å². The van der Waals surface area contributed by atoms with E-state index in [0.29, 0.717) is 25.4 Å². The van der Waals surface area contributed by atoms with Crippen molar-refractivity contribution in [3.05, 3.63) is 30.3 Å². The van der Waals surface area contributed by atoms with Crippen molar-refractivity contribution < 1.29 is 14.3 Å². The number of rotatable bonds is 5. The largest absolute Gasteiger partial charge is 0.464 e. The highest BCUT2D eigenvalue weighted by Gasteiger charge is 2.33. The monoisotopic (exact) mass is 343 g/mol. The fraction of sp³-hybridized carbons (Fsp3) is 0.471. The van der Waals surface area contributed by atoms with Crippen molar-refractivity contribution in [3.63, 3.8) is 0 Å². The quantitative estimate of drug-likeness (QED) is 0.760. The lowest BCUT2D eigenvalue weighted by molar-refractivity contribution is -0.157. The fourth-order valence-corrected chi connectivity index (χ4v) is 2.94. The van der Waals surface area contributed by atoms with Crippen molar-refractivity contribution in [2.75, 3.05) is 13.2 Å². The molecule has 2 aromatic rings. The maximum atomic E-state index is 12.6. The lowest BCUT2D eigenvalue weighted by Gasteiger charge is -2.33. The molecule has 1 aliphatic heterocycles. The first kappa shape index (κ1) is 17.1. The van der Waals surface area contributed by atoms with E-state index in [2.05, 4.69) is 15.4 Å². The van der Waals surface area contributed by atoms with Crippen LogP contribution in [0.3, 0.4) is 0 Å². The molecule has 0 radical (unpaired) electrons. The Balaban J connectivity index is 1.68. The molecule has 8 heteroatoms. The molecule has 1 amide bonds. The van der Waals surface area contributed by atoms with Gasteiger partial charge in [-0.25, -0.2) is 4.79 Å². The van der Waals surface area contributed by atoms with Gasteiger partial charge >= 0.3 is 5.97 Å². The molecule has 3 rings (SSSR count). The van der Waals surface area contributed by atoms with Gasteiger partial charge in [0.05, 0.1) is 6.61 Å². The molecule has 1 atom stereocenters. The summed E-state index contributed by atoms with van der Waals surface area (Å²) in [5.74, 6) is -0.0733. The van der Waals surface area contributed by atoms with Gasteiger partial charge < -0.3 is 9.64 Å². The molecule has 0 N–H and O–H groups in total. The van der Waals surface area contributed by atoms with E-state index in [1.54, 1.807) is 11.8 Å². The predicted octanol–water partition coefficient (Wildman–Crippen LogP) is 1.28. The molecule has 1 unspecified atom stereocenters.